The summed E-state index contributed by atoms with van der Waals surface area (Å²) in [6.07, 6.45) is 2.59. The first-order chi connectivity index (χ1) is 9.95. The van der Waals surface area contributed by atoms with Gasteiger partial charge in [0.05, 0.1) is 0 Å². The average Bonchev–Trinajstić information content (AvgIpc) is 2.43. The zero-order valence-corrected chi connectivity index (χ0v) is 13.7. The van der Waals surface area contributed by atoms with E-state index in [2.05, 4.69) is 0 Å². The van der Waals surface area contributed by atoms with Gasteiger partial charge in [0.25, 0.3) is 5.91 Å². The minimum Gasteiger partial charge on any atom is -0.481 e. The normalized spacial score (nSPS) is 10.7. The van der Waals surface area contributed by atoms with E-state index in [0.717, 1.165) is 11.3 Å². The lowest BCUT2D eigenvalue weighted by Crippen LogP contribution is -2.38. The van der Waals surface area contributed by atoms with Crippen molar-refractivity contribution in [3.8, 4) is 0 Å². The van der Waals surface area contributed by atoms with E-state index in [1.165, 1.54) is 0 Å². The number of carbonyl (C=O) groups is 2. The van der Waals surface area contributed by atoms with Crippen LogP contribution in [0.25, 0.3) is 0 Å². The van der Waals surface area contributed by atoms with Gasteiger partial charge in [-0.3, -0.25) is 9.59 Å². The molecule has 1 amide bonds. The van der Waals surface area contributed by atoms with Crippen LogP contribution < -0.4 is 0 Å². The summed E-state index contributed by atoms with van der Waals surface area (Å²) in [6.45, 7) is 4.37. The minimum atomic E-state index is -0.826. The number of hydrogen-bond acceptors (Lipinski definition) is 3. The molecule has 21 heavy (non-hydrogen) atoms. The number of carboxylic acids is 1. The molecule has 0 spiro atoms. The fraction of sp³-hybridized carbons (Fsp3) is 0.500. The maximum atomic E-state index is 12.6. The number of nitrogens with zero attached hydrogens (tertiary/aromatic N) is 1. The monoisotopic (exact) mass is 309 g/mol. The van der Waals surface area contributed by atoms with E-state index in [1.807, 2.05) is 44.4 Å². The van der Waals surface area contributed by atoms with Crippen molar-refractivity contribution in [3.63, 3.8) is 0 Å². The molecule has 0 radical (unpaired) electrons. The Morgan fingerprint density at radius 3 is 2.62 bits per heavy atom. The van der Waals surface area contributed by atoms with Crippen molar-refractivity contribution in [2.45, 2.75) is 38.5 Å². The molecule has 4 nitrogen and oxygen atoms in total. The van der Waals surface area contributed by atoms with Gasteiger partial charge in [0.2, 0.25) is 0 Å². The van der Waals surface area contributed by atoms with Crippen LogP contribution in [0.15, 0.2) is 24.3 Å². The van der Waals surface area contributed by atoms with Gasteiger partial charge in [0, 0.05) is 30.3 Å². The predicted octanol–water partition coefficient (Wildman–Crippen LogP) is 3.27. The molecule has 1 aromatic rings. The average molecular weight is 309 g/mol. The summed E-state index contributed by atoms with van der Waals surface area (Å²) >= 11 is 1.72. The van der Waals surface area contributed by atoms with Crippen LogP contribution >= 0.6 is 11.8 Å². The third kappa shape index (κ3) is 5.79. The lowest BCUT2D eigenvalue weighted by Gasteiger charge is -2.27. The van der Waals surface area contributed by atoms with Crippen molar-refractivity contribution in [1.29, 1.82) is 0 Å². The SMILES string of the molecule is CSCc1cccc(C(=O)N(CCCC(=O)O)C(C)C)c1. The molecule has 0 bridgehead atoms. The third-order valence-corrected chi connectivity index (χ3v) is 3.78. The van der Waals surface area contributed by atoms with Crippen molar-refractivity contribution in [3.05, 3.63) is 35.4 Å². The Hall–Kier alpha value is -1.49. The molecule has 0 aliphatic rings. The van der Waals surface area contributed by atoms with Gasteiger partial charge < -0.3 is 10.0 Å². The maximum absolute atomic E-state index is 12.6. The van der Waals surface area contributed by atoms with Crippen LogP contribution in [0.4, 0.5) is 0 Å². The highest BCUT2D eigenvalue weighted by molar-refractivity contribution is 7.97. The number of aliphatic carboxylic acids is 1. The summed E-state index contributed by atoms with van der Waals surface area (Å²) in [5.74, 6) is 0.0217. The minimum absolute atomic E-state index is 0.0293. The summed E-state index contributed by atoms with van der Waals surface area (Å²) in [5, 5.41) is 8.71. The van der Waals surface area contributed by atoms with Crippen molar-refractivity contribution >= 4 is 23.6 Å². The Morgan fingerprint density at radius 2 is 2.05 bits per heavy atom. The Bertz CT molecular complexity index is 488. The van der Waals surface area contributed by atoms with E-state index in [9.17, 15) is 9.59 Å². The van der Waals surface area contributed by atoms with Crippen LogP contribution in [-0.4, -0.2) is 40.7 Å². The van der Waals surface area contributed by atoms with Gasteiger partial charge in [-0.15, -0.1) is 0 Å². The van der Waals surface area contributed by atoms with Gasteiger partial charge in [-0.05, 0) is 44.2 Å². The topological polar surface area (TPSA) is 57.6 Å². The second-order valence-corrected chi connectivity index (χ2v) is 6.09. The fourth-order valence-electron chi connectivity index (χ4n) is 2.12. The van der Waals surface area contributed by atoms with Crippen LogP contribution in [0.3, 0.4) is 0 Å². The molecule has 0 saturated carbocycles. The van der Waals surface area contributed by atoms with Crippen molar-refractivity contribution in [2.75, 3.05) is 12.8 Å². The number of carboxylic acid groups (broad SMARTS) is 1. The molecule has 0 unspecified atom stereocenters. The first-order valence-electron chi connectivity index (χ1n) is 7.06. The second-order valence-electron chi connectivity index (χ2n) is 5.22. The molecular formula is C16H23NO3S. The van der Waals surface area contributed by atoms with Crippen LogP contribution in [0.5, 0.6) is 0 Å². The first kappa shape index (κ1) is 17.6. The number of thioether (sulfide) groups is 1. The Balaban J connectivity index is 2.80. The van der Waals surface area contributed by atoms with Crippen molar-refractivity contribution in [1.82, 2.24) is 4.90 Å². The summed E-state index contributed by atoms with van der Waals surface area (Å²) < 4.78 is 0. The highest BCUT2D eigenvalue weighted by Crippen LogP contribution is 2.15. The third-order valence-electron chi connectivity index (χ3n) is 3.16. The molecule has 0 aliphatic carbocycles. The van der Waals surface area contributed by atoms with E-state index < -0.39 is 5.97 Å². The first-order valence-corrected chi connectivity index (χ1v) is 8.45. The molecule has 0 aliphatic heterocycles. The van der Waals surface area contributed by atoms with Gasteiger partial charge in [0.15, 0.2) is 0 Å². The van der Waals surface area contributed by atoms with Gasteiger partial charge in [-0.25, -0.2) is 0 Å². The van der Waals surface area contributed by atoms with E-state index in [1.54, 1.807) is 16.7 Å². The smallest absolute Gasteiger partial charge is 0.303 e. The van der Waals surface area contributed by atoms with E-state index >= 15 is 0 Å². The van der Waals surface area contributed by atoms with Gasteiger partial charge in [-0.1, -0.05) is 12.1 Å². The quantitative estimate of drug-likeness (QED) is 0.801. The van der Waals surface area contributed by atoms with Gasteiger partial charge in [0.1, 0.15) is 0 Å². The molecule has 0 atom stereocenters. The molecule has 1 N–H and O–H groups in total. The van der Waals surface area contributed by atoms with Crippen LogP contribution in [0, 0.1) is 0 Å². The summed E-state index contributed by atoms with van der Waals surface area (Å²) in [5.41, 5.74) is 1.80. The highest BCUT2D eigenvalue weighted by atomic mass is 32.2. The fourth-order valence-corrected chi connectivity index (χ4v) is 2.63. The number of amides is 1. The number of rotatable bonds is 8. The van der Waals surface area contributed by atoms with Gasteiger partial charge in [-0.2, -0.15) is 11.8 Å². The molecule has 116 valence electrons. The largest absolute Gasteiger partial charge is 0.481 e. The molecule has 0 aromatic heterocycles. The number of benzene rings is 1. The molecule has 0 saturated heterocycles. The lowest BCUT2D eigenvalue weighted by molar-refractivity contribution is -0.137. The van der Waals surface area contributed by atoms with Crippen LogP contribution in [0.2, 0.25) is 0 Å². The van der Waals surface area contributed by atoms with Crippen LogP contribution in [-0.2, 0) is 10.5 Å². The standard InChI is InChI=1S/C16H23NO3S/c1-12(2)17(9-5-8-15(18)19)16(20)14-7-4-6-13(10-14)11-21-3/h4,6-7,10,12H,5,8-9,11H2,1-3H3,(H,18,19). The van der Waals surface area contributed by atoms with Crippen molar-refractivity contribution < 1.29 is 14.7 Å². The highest BCUT2D eigenvalue weighted by Gasteiger charge is 2.19. The van der Waals surface area contributed by atoms with E-state index in [0.29, 0.717) is 18.5 Å². The van der Waals surface area contributed by atoms with Crippen LogP contribution in [0.1, 0.15) is 42.6 Å². The Labute approximate surface area is 130 Å². The summed E-state index contributed by atoms with van der Waals surface area (Å²) in [7, 11) is 0. The Kier molecular flexibility index (Phi) is 7.29. The van der Waals surface area contributed by atoms with E-state index in [4.69, 9.17) is 5.11 Å². The molecule has 1 aromatic carbocycles. The molecule has 1 rings (SSSR count). The maximum Gasteiger partial charge on any atom is 0.303 e. The summed E-state index contributed by atoms with van der Waals surface area (Å²) in [6, 6.07) is 7.70. The zero-order valence-electron chi connectivity index (χ0n) is 12.8. The molecule has 5 heteroatoms. The summed E-state index contributed by atoms with van der Waals surface area (Å²) in [4.78, 5) is 24.9. The van der Waals surface area contributed by atoms with E-state index in [-0.39, 0.29) is 18.4 Å². The molecule has 0 heterocycles. The zero-order chi connectivity index (χ0) is 15.8. The number of hydrogen-bond donors (Lipinski definition) is 1. The second kappa shape index (κ2) is 8.72. The predicted molar refractivity (Wildman–Crippen MR) is 86.7 cm³/mol. The lowest BCUT2D eigenvalue weighted by atomic mass is 10.1. The molecular weight excluding hydrogens is 286 g/mol. The van der Waals surface area contributed by atoms with Gasteiger partial charge >= 0.3 is 5.97 Å². The van der Waals surface area contributed by atoms with Crippen molar-refractivity contribution in [2.24, 2.45) is 0 Å². The Morgan fingerprint density at radius 1 is 1.33 bits per heavy atom. The number of carbonyl (C=O) groups excluding carboxylic acids is 1. The molecule has 0 fully saturated rings.